The maximum absolute atomic E-state index is 5.40. The molecule has 6 heteroatoms. The molecule has 2 unspecified atom stereocenters. The van der Waals surface area contributed by atoms with Gasteiger partial charge in [0.05, 0.1) is 6.61 Å². The van der Waals surface area contributed by atoms with Crippen molar-refractivity contribution in [3.05, 3.63) is 0 Å². The molecule has 2 atom stereocenters. The second kappa shape index (κ2) is 7.52. The minimum atomic E-state index is 0.263. The fraction of sp³-hybridized carbons (Fsp3) is 0.929. The van der Waals surface area contributed by atoms with E-state index in [9.17, 15) is 0 Å². The number of hydrogen-bond acceptors (Lipinski definition) is 4. The van der Waals surface area contributed by atoms with E-state index >= 15 is 0 Å². The van der Waals surface area contributed by atoms with Gasteiger partial charge in [0.2, 0.25) is 0 Å². The molecule has 2 rings (SSSR count). The summed E-state index contributed by atoms with van der Waals surface area (Å²) < 4.78 is 5.40. The number of rotatable bonds is 5. The molecule has 0 radical (unpaired) electrons. The number of thioether (sulfide) groups is 1. The topological polar surface area (TPSA) is 48.9 Å². The average molecular weight is 300 g/mol. The van der Waals surface area contributed by atoms with Gasteiger partial charge in [-0.15, -0.1) is 0 Å². The molecule has 20 heavy (non-hydrogen) atoms. The SMILES string of the molecule is CN=C(NCC1CCOC1)NCC1(N(C)C)CCSC1. The van der Waals surface area contributed by atoms with E-state index < -0.39 is 0 Å². The summed E-state index contributed by atoms with van der Waals surface area (Å²) in [6.07, 6.45) is 2.40. The first kappa shape index (κ1) is 15.9. The highest BCUT2D eigenvalue weighted by Crippen LogP contribution is 2.31. The second-order valence-electron chi connectivity index (χ2n) is 5.96. The van der Waals surface area contributed by atoms with Crippen molar-refractivity contribution in [2.75, 3.05) is 59.0 Å². The van der Waals surface area contributed by atoms with Crippen LogP contribution in [0.1, 0.15) is 12.8 Å². The van der Waals surface area contributed by atoms with Gasteiger partial charge in [0.1, 0.15) is 0 Å². The summed E-state index contributed by atoms with van der Waals surface area (Å²) in [5, 5.41) is 6.93. The predicted molar refractivity (Wildman–Crippen MR) is 86.7 cm³/mol. The molecule has 0 aromatic rings. The third-order valence-electron chi connectivity index (χ3n) is 4.42. The van der Waals surface area contributed by atoms with Crippen LogP contribution in [-0.4, -0.2) is 75.4 Å². The highest BCUT2D eigenvalue weighted by atomic mass is 32.2. The Morgan fingerprint density at radius 1 is 1.45 bits per heavy atom. The fourth-order valence-corrected chi connectivity index (χ4v) is 4.25. The standard InChI is InChI=1S/C14H28N4OS/c1-15-13(16-8-12-4-6-19-9-12)17-10-14(18(2)3)5-7-20-11-14/h12H,4-11H2,1-3H3,(H2,15,16,17). The number of nitrogens with one attached hydrogen (secondary N) is 2. The lowest BCUT2D eigenvalue weighted by Gasteiger charge is -2.36. The van der Waals surface area contributed by atoms with Crippen LogP contribution in [-0.2, 0) is 4.74 Å². The number of nitrogens with zero attached hydrogens (tertiary/aromatic N) is 2. The summed E-state index contributed by atoms with van der Waals surface area (Å²) >= 11 is 2.04. The summed E-state index contributed by atoms with van der Waals surface area (Å²) in [7, 11) is 6.20. The molecule has 2 heterocycles. The maximum atomic E-state index is 5.40. The molecule has 2 N–H and O–H groups in total. The van der Waals surface area contributed by atoms with Crippen molar-refractivity contribution in [3.8, 4) is 0 Å². The molecule has 0 amide bonds. The number of hydrogen-bond donors (Lipinski definition) is 2. The molecule has 0 aromatic heterocycles. The van der Waals surface area contributed by atoms with E-state index in [1.165, 1.54) is 17.9 Å². The Hall–Kier alpha value is -0.460. The van der Waals surface area contributed by atoms with Gasteiger partial charge in [-0.1, -0.05) is 0 Å². The molecule has 5 nitrogen and oxygen atoms in total. The molecular weight excluding hydrogens is 272 g/mol. The third kappa shape index (κ3) is 4.02. The third-order valence-corrected chi connectivity index (χ3v) is 5.66. The molecule has 2 fully saturated rings. The number of likely N-dealkylation sites (N-methyl/N-ethyl adjacent to an activating group) is 1. The predicted octanol–water partition coefficient (Wildman–Crippen LogP) is 0.625. The van der Waals surface area contributed by atoms with Crippen molar-refractivity contribution in [1.82, 2.24) is 15.5 Å². The van der Waals surface area contributed by atoms with Crippen LogP contribution >= 0.6 is 11.8 Å². The van der Waals surface area contributed by atoms with E-state index in [1.807, 2.05) is 18.8 Å². The number of ether oxygens (including phenoxy) is 1. The average Bonchev–Trinajstić information content (AvgIpc) is 3.10. The van der Waals surface area contributed by atoms with Gasteiger partial charge in [0.15, 0.2) is 5.96 Å². The second-order valence-corrected chi connectivity index (χ2v) is 7.06. The van der Waals surface area contributed by atoms with Crippen LogP contribution in [0.5, 0.6) is 0 Å². The van der Waals surface area contributed by atoms with Gasteiger partial charge in [0.25, 0.3) is 0 Å². The molecule has 2 aliphatic rings. The lowest BCUT2D eigenvalue weighted by atomic mass is 9.97. The van der Waals surface area contributed by atoms with Crippen LogP contribution in [0.2, 0.25) is 0 Å². The van der Waals surface area contributed by atoms with Crippen LogP contribution < -0.4 is 10.6 Å². The lowest BCUT2D eigenvalue weighted by molar-refractivity contribution is 0.182. The minimum absolute atomic E-state index is 0.263. The van der Waals surface area contributed by atoms with Crippen molar-refractivity contribution in [2.24, 2.45) is 10.9 Å². The Balaban J connectivity index is 1.77. The maximum Gasteiger partial charge on any atom is 0.191 e. The Morgan fingerprint density at radius 2 is 2.30 bits per heavy atom. The van der Waals surface area contributed by atoms with Gasteiger partial charge >= 0.3 is 0 Å². The van der Waals surface area contributed by atoms with E-state index in [1.54, 1.807) is 0 Å². The van der Waals surface area contributed by atoms with Crippen molar-refractivity contribution >= 4 is 17.7 Å². The van der Waals surface area contributed by atoms with E-state index in [0.717, 1.165) is 38.7 Å². The van der Waals surface area contributed by atoms with Gasteiger partial charge in [-0.3, -0.25) is 4.99 Å². The van der Waals surface area contributed by atoms with Crippen LogP contribution in [0.4, 0.5) is 0 Å². The first-order valence-electron chi connectivity index (χ1n) is 7.44. The largest absolute Gasteiger partial charge is 0.381 e. The van der Waals surface area contributed by atoms with E-state index in [4.69, 9.17) is 4.74 Å². The Labute approximate surface area is 126 Å². The van der Waals surface area contributed by atoms with Crippen molar-refractivity contribution < 1.29 is 4.74 Å². The molecular formula is C14H28N4OS. The fourth-order valence-electron chi connectivity index (χ4n) is 2.70. The van der Waals surface area contributed by atoms with Crippen LogP contribution in [0, 0.1) is 5.92 Å². The van der Waals surface area contributed by atoms with E-state index in [0.29, 0.717) is 5.92 Å². The van der Waals surface area contributed by atoms with Gasteiger partial charge in [-0.25, -0.2) is 0 Å². The van der Waals surface area contributed by atoms with E-state index in [2.05, 4.69) is 34.6 Å². The summed E-state index contributed by atoms with van der Waals surface area (Å²) in [4.78, 5) is 6.69. The van der Waals surface area contributed by atoms with Crippen molar-refractivity contribution in [2.45, 2.75) is 18.4 Å². The summed E-state index contributed by atoms with van der Waals surface area (Å²) in [5.74, 6) is 3.99. The smallest absolute Gasteiger partial charge is 0.191 e. The molecule has 0 saturated carbocycles. The van der Waals surface area contributed by atoms with E-state index in [-0.39, 0.29) is 5.54 Å². The number of guanidine groups is 1. The summed E-state index contributed by atoms with van der Waals surface area (Å²) in [6.45, 7) is 3.68. The zero-order chi connectivity index (χ0) is 14.4. The van der Waals surface area contributed by atoms with Crippen LogP contribution in [0.15, 0.2) is 4.99 Å². The highest BCUT2D eigenvalue weighted by molar-refractivity contribution is 7.99. The highest BCUT2D eigenvalue weighted by Gasteiger charge is 2.36. The van der Waals surface area contributed by atoms with Crippen LogP contribution in [0.3, 0.4) is 0 Å². The number of aliphatic imine (C=N–C) groups is 1. The molecule has 116 valence electrons. The van der Waals surface area contributed by atoms with Gasteiger partial charge in [-0.2, -0.15) is 11.8 Å². The normalized spacial score (nSPS) is 31.0. The summed E-state index contributed by atoms with van der Waals surface area (Å²) in [6, 6.07) is 0. The molecule has 0 aliphatic carbocycles. The monoisotopic (exact) mass is 300 g/mol. The summed E-state index contributed by atoms with van der Waals surface area (Å²) in [5.41, 5.74) is 0.263. The quantitative estimate of drug-likeness (QED) is 0.576. The van der Waals surface area contributed by atoms with Crippen molar-refractivity contribution in [1.29, 1.82) is 0 Å². The molecule has 0 aromatic carbocycles. The van der Waals surface area contributed by atoms with Gasteiger partial charge < -0.3 is 20.3 Å². The molecule has 0 bridgehead atoms. The zero-order valence-corrected chi connectivity index (χ0v) is 13.8. The molecule has 2 aliphatic heterocycles. The molecule has 0 spiro atoms. The Bertz CT molecular complexity index is 323. The first-order chi connectivity index (χ1) is 9.66. The van der Waals surface area contributed by atoms with Gasteiger partial charge in [0, 0.05) is 44.0 Å². The Kier molecular flexibility index (Phi) is 5.99. The van der Waals surface area contributed by atoms with Crippen LogP contribution in [0.25, 0.3) is 0 Å². The first-order valence-corrected chi connectivity index (χ1v) is 8.59. The van der Waals surface area contributed by atoms with Gasteiger partial charge in [-0.05, 0) is 32.7 Å². The lowest BCUT2D eigenvalue weighted by Crippen LogP contribution is -2.55. The minimum Gasteiger partial charge on any atom is -0.381 e. The Morgan fingerprint density at radius 3 is 2.85 bits per heavy atom. The molecule has 2 saturated heterocycles. The zero-order valence-electron chi connectivity index (χ0n) is 12.9. The van der Waals surface area contributed by atoms with Crippen molar-refractivity contribution in [3.63, 3.8) is 0 Å².